The molecular weight excluding hydrogens is 409 g/mol. The quantitative estimate of drug-likeness (QED) is 0.757. The summed E-state index contributed by atoms with van der Waals surface area (Å²) in [6.45, 7) is 0.403. The molecule has 0 aromatic heterocycles. The van der Waals surface area contributed by atoms with Crippen molar-refractivity contribution in [2.75, 3.05) is 11.9 Å². The number of hydrogen-bond donors (Lipinski definition) is 1. The summed E-state index contributed by atoms with van der Waals surface area (Å²) >= 11 is 0. The number of carbonyl (C=O) groups excluding carboxylic acids is 2. The summed E-state index contributed by atoms with van der Waals surface area (Å²) in [7, 11) is -4.04. The zero-order valence-corrected chi connectivity index (χ0v) is 16.6. The first kappa shape index (κ1) is 18.9. The van der Waals surface area contributed by atoms with Crippen molar-refractivity contribution in [3.63, 3.8) is 0 Å². The predicted octanol–water partition coefficient (Wildman–Crippen LogP) is 2.52. The Balaban J connectivity index is 1.56. The minimum atomic E-state index is -4.04. The van der Waals surface area contributed by atoms with Crippen molar-refractivity contribution in [1.82, 2.24) is 4.90 Å². The molecule has 0 radical (unpaired) electrons. The highest BCUT2D eigenvalue weighted by molar-refractivity contribution is 7.90. The van der Waals surface area contributed by atoms with Gasteiger partial charge in [0.25, 0.3) is 10.0 Å². The maximum absolute atomic E-state index is 13.4. The van der Waals surface area contributed by atoms with Gasteiger partial charge in [0.1, 0.15) is 22.6 Å². The van der Waals surface area contributed by atoms with Crippen LogP contribution in [0.4, 0.5) is 10.1 Å². The van der Waals surface area contributed by atoms with Crippen LogP contribution >= 0.6 is 0 Å². The maximum atomic E-state index is 13.4. The molecule has 1 saturated heterocycles. The van der Waals surface area contributed by atoms with Gasteiger partial charge in [-0.3, -0.25) is 9.59 Å². The van der Waals surface area contributed by atoms with Gasteiger partial charge in [-0.15, -0.1) is 4.40 Å². The van der Waals surface area contributed by atoms with Gasteiger partial charge in [0.05, 0.1) is 5.69 Å². The van der Waals surface area contributed by atoms with Gasteiger partial charge in [-0.1, -0.05) is 24.3 Å². The minimum absolute atomic E-state index is 0.00318. The molecule has 30 heavy (non-hydrogen) atoms. The summed E-state index contributed by atoms with van der Waals surface area (Å²) in [5.74, 6) is -2.61. The fourth-order valence-electron chi connectivity index (χ4n) is 4.00. The van der Waals surface area contributed by atoms with Gasteiger partial charge < -0.3 is 10.2 Å². The number of amides is 1. The van der Waals surface area contributed by atoms with E-state index in [-0.39, 0.29) is 16.4 Å². The SMILES string of the molecule is O=C1C(C2=NS(=O)(=O)c3ccccc3N2)C(=O)N(CC2CC2)[C@H]1c1ccc(F)cc1. The van der Waals surface area contributed by atoms with E-state index in [4.69, 9.17) is 0 Å². The van der Waals surface area contributed by atoms with Crippen LogP contribution in [0, 0.1) is 17.7 Å². The Kier molecular flexibility index (Phi) is 4.25. The topological polar surface area (TPSA) is 95.9 Å². The molecule has 9 heteroatoms. The average Bonchev–Trinajstić information content (AvgIpc) is 3.48. The molecule has 1 unspecified atom stereocenters. The molecule has 3 aliphatic rings. The first-order valence-electron chi connectivity index (χ1n) is 9.66. The Morgan fingerprint density at radius 2 is 1.77 bits per heavy atom. The second kappa shape index (κ2) is 6.73. The molecule has 1 amide bonds. The standard InChI is InChI=1S/C21H18FN3O4S/c22-14-9-7-13(8-10-14)18-19(26)17(21(27)25(18)11-12-5-6-12)20-23-15-3-1-2-4-16(15)30(28,29)24-20/h1-4,7-10,12,17-18H,5-6,11H2,(H,23,24)/t17?,18-/m0/s1. The number of amidine groups is 1. The number of fused-ring (bicyclic) bond motifs is 1. The monoisotopic (exact) mass is 427 g/mol. The Bertz CT molecular complexity index is 1190. The van der Waals surface area contributed by atoms with Crippen molar-refractivity contribution in [2.45, 2.75) is 23.8 Å². The number of likely N-dealkylation sites (tertiary alicyclic amines) is 1. The Morgan fingerprint density at radius 3 is 2.47 bits per heavy atom. The van der Waals surface area contributed by atoms with E-state index >= 15 is 0 Å². The Morgan fingerprint density at radius 1 is 1.07 bits per heavy atom. The molecule has 2 aromatic rings. The molecule has 2 heterocycles. The van der Waals surface area contributed by atoms with Gasteiger partial charge in [-0.05, 0) is 48.6 Å². The van der Waals surface area contributed by atoms with Gasteiger partial charge in [0.15, 0.2) is 11.7 Å². The van der Waals surface area contributed by atoms with Gasteiger partial charge >= 0.3 is 0 Å². The number of hydrogen-bond acceptors (Lipinski definition) is 5. The fourth-order valence-corrected chi connectivity index (χ4v) is 5.16. The lowest BCUT2D eigenvalue weighted by atomic mass is 9.96. The van der Waals surface area contributed by atoms with E-state index in [0.29, 0.717) is 18.0 Å². The molecule has 0 spiro atoms. The van der Waals surface area contributed by atoms with Gasteiger partial charge in [0, 0.05) is 6.54 Å². The highest BCUT2D eigenvalue weighted by Gasteiger charge is 2.52. The molecular formula is C21H18FN3O4S. The third-order valence-electron chi connectivity index (χ3n) is 5.65. The molecule has 2 atom stereocenters. The van der Waals surface area contributed by atoms with E-state index in [1.165, 1.54) is 35.2 Å². The summed E-state index contributed by atoms with van der Waals surface area (Å²) in [6.07, 6.45) is 1.94. The third kappa shape index (κ3) is 3.09. The van der Waals surface area contributed by atoms with Crippen LogP contribution in [0.5, 0.6) is 0 Å². The molecule has 7 nitrogen and oxygen atoms in total. The zero-order valence-electron chi connectivity index (χ0n) is 15.8. The fraction of sp³-hybridized carbons (Fsp3) is 0.286. The number of Topliss-reactive ketones (excluding diaryl/α,β-unsaturated/α-hetero) is 1. The third-order valence-corrected chi connectivity index (χ3v) is 7.00. The molecule has 1 saturated carbocycles. The first-order valence-corrected chi connectivity index (χ1v) is 11.1. The lowest BCUT2D eigenvalue weighted by molar-refractivity contribution is -0.130. The molecule has 1 aliphatic carbocycles. The number of nitrogens with zero attached hydrogens (tertiary/aromatic N) is 2. The van der Waals surface area contributed by atoms with Crippen LogP contribution in [-0.4, -0.2) is 37.4 Å². The second-order valence-corrected chi connectivity index (χ2v) is 9.37. The van der Waals surface area contributed by atoms with Crippen LogP contribution in [-0.2, 0) is 19.6 Å². The first-order chi connectivity index (χ1) is 14.3. The maximum Gasteiger partial charge on any atom is 0.286 e. The van der Waals surface area contributed by atoms with E-state index in [0.717, 1.165) is 12.8 Å². The van der Waals surface area contributed by atoms with Crippen LogP contribution in [0.25, 0.3) is 0 Å². The number of anilines is 1. The molecule has 2 aliphatic heterocycles. The van der Waals surface area contributed by atoms with Gasteiger partial charge in [-0.2, -0.15) is 8.42 Å². The van der Waals surface area contributed by atoms with E-state index in [1.54, 1.807) is 18.2 Å². The predicted molar refractivity (Wildman–Crippen MR) is 107 cm³/mol. The van der Waals surface area contributed by atoms with Crippen molar-refractivity contribution in [3.05, 3.63) is 59.9 Å². The molecule has 2 aromatic carbocycles. The molecule has 0 bridgehead atoms. The number of halogens is 1. The Hall–Kier alpha value is -3.07. The number of benzene rings is 2. The minimum Gasteiger partial charge on any atom is -0.341 e. The van der Waals surface area contributed by atoms with Gasteiger partial charge in [-0.25, -0.2) is 4.39 Å². The number of ketones is 1. The summed E-state index contributed by atoms with van der Waals surface area (Å²) in [4.78, 5) is 28.1. The molecule has 2 fully saturated rings. The summed E-state index contributed by atoms with van der Waals surface area (Å²) in [6, 6.07) is 10.8. The van der Waals surface area contributed by atoms with Crippen LogP contribution in [0.1, 0.15) is 24.4 Å². The van der Waals surface area contributed by atoms with E-state index in [9.17, 15) is 22.4 Å². The van der Waals surface area contributed by atoms with Crippen molar-refractivity contribution < 1.29 is 22.4 Å². The van der Waals surface area contributed by atoms with Crippen LogP contribution in [0.3, 0.4) is 0 Å². The smallest absolute Gasteiger partial charge is 0.286 e. The Labute approximate surface area is 172 Å². The van der Waals surface area contributed by atoms with E-state index in [1.807, 2.05) is 0 Å². The normalized spacial score (nSPS) is 25.0. The summed E-state index contributed by atoms with van der Waals surface area (Å²) in [5.41, 5.74) is 0.777. The van der Waals surface area contributed by atoms with E-state index < -0.39 is 39.5 Å². The zero-order chi connectivity index (χ0) is 21.0. The molecule has 5 rings (SSSR count). The lowest BCUT2D eigenvalue weighted by Gasteiger charge is -2.24. The summed E-state index contributed by atoms with van der Waals surface area (Å²) in [5, 5.41) is 2.87. The number of nitrogens with one attached hydrogen (secondary N) is 1. The van der Waals surface area contributed by atoms with Crippen molar-refractivity contribution in [3.8, 4) is 0 Å². The highest BCUT2D eigenvalue weighted by Crippen LogP contribution is 2.40. The molecule has 1 N–H and O–H groups in total. The van der Waals surface area contributed by atoms with Crippen LogP contribution in [0.2, 0.25) is 0 Å². The van der Waals surface area contributed by atoms with E-state index in [2.05, 4.69) is 9.71 Å². The number of rotatable bonds is 4. The highest BCUT2D eigenvalue weighted by atomic mass is 32.2. The number of carbonyl (C=O) groups is 2. The molecule has 154 valence electrons. The second-order valence-electron chi connectivity index (χ2n) is 7.80. The van der Waals surface area contributed by atoms with Gasteiger partial charge in [0.2, 0.25) is 5.91 Å². The van der Waals surface area contributed by atoms with Crippen LogP contribution < -0.4 is 5.32 Å². The van der Waals surface area contributed by atoms with Crippen LogP contribution in [0.15, 0.2) is 57.8 Å². The largest absolute Gasteiger partial charge is 0.341 e. The lowest BCUT2D eigenvalue weighted by Crippen LogP contribution is -2.37. The number of sulfonamides is 1. The average molecular weight is 427 g/mol. The van der Waals surface area contributed by atoms with Crippen molar-refractivity contribution in [1.29, 1.82) is 0 Å². The van der Waals surface area contributed by atoms with Crippen molar-refractivity contribution in [2.24, 2.45) is 16.2 Å². The number of para-hydroxylation sites is 1. The van der Waals surface area contributed by atoms with Crippen molar-refractivity contribution >= 4 is 33.2 Å². The summed E-state index contributed by atoms with van der Waals surface area (Å²) < 4.78 is 42.4.